The molecule has 1 aromatic carbocycles. The van der Waals surface area contributed by atoms with E-state index < -0.39 is 0 Å². The first-order valence-electron chi connectivity index (χ1n) is 12.3. The molecule has 34 heavy (non-hydrogen) atoms. The molecule has 3 amide bonds. The summed E-state index contributed by atoms with van der Waals surface area (Å²) in [5.41, 5.74) is 1.07. The molecule has 182 valence electrons. The Hall–Kier alpha value is -2.68. The summed E-state index contributed by atoms with van der Waals surface area (Å²) in [6.45, 7) is 5.83. The van der Waals surface area contributed by atoms with Gasteiger partial charge in [-0.05, 0) is 43.7 Å². The zero-order valence-electron chi connectivity index (χ0n) is 19.7. The Labute approximate surface area is 203 Å². The lowest BCUT2D eigenvalue weighted by Gasteiger charge is -2.36. The number of rotatable bonds is 5. The standard InChI is InChI=1S/C25H32N4O4S/c1-2-33-24(32)29-15-13-28(14-16-29)23(31)18-17-25(18)9-11-27(12-10-25)22(30)8-7-21-26-19-5-3-4-6-20(19)34-21/h3-6,18H,2,7-17H2,1H3/t18-/m1/s1. The smallest absolute Gasteiger partial charge is 0.409 e. The van der Waals surface area contributed by atoms with Gasteiger partial charge >= 0.3 is 6.09 Å². The number of amides is 3. The number of thiazole rings is 1. The van der Waals surface area contributed by atoms with Crippen molar-refractivity contribution in [2.75, 3.05) is 45.9 Å². The second-order valence-electron chi connectivity index (χ2n) is 9.59. The highest BCUT2D eigenvalue weighted by Crippen LogP contribution is 2.60. The van der Waals surface area contributed by atoms with Gasteiger partial charge in [0.2, 0.25) is 11.8 Å². The monoisotopic (exact) mass is 484 g/mol. The second kappa shape index (κ2) is 9.52. The Balaban J connectivity index is 1.06. The number of aromatic nitrogens is 1. The lowest BCUT2D eigenvalue weighted by atomic mass is 9.90. The third-order valence-corrected chi connectivity index (χ3v) is 8.70. The number of fused-ring (bicyclic) bond motifs is 1. The van der Waals surface area contributed by atoms with Crippen molar-refractivity contribution in [1.29, 1.82) is 0 Å². The van der Waals surface area contributed by atoms with Gasteiger partial charge in [0.15, 0.2) is 0 Å². The van der Waals surface area contributed by atoms with Gasteiger partial charge in [0.05, 0.1) is 21.8 Å². The van der Waals surface area contributed by atoms with E-state index in [1.54, 1.807) is 23.2 Å². The highest BCUT2D eigenvalue weighted by molar-refractivity contribution is 7.18. The number of hydrogen-bond acceptors (Lipinski definition) is 6. The topological polar surface area (TPSA) is 83.0 Å². The van der Waals surface area contributed by atoms with Crippen LogP contribution in [0, 0.1) is 11.3 Å². The quantitative estimate of drug-likeness (QED) is 0.651. The number of ether oxygens (including phenoxy) is 1. The molecule has 1 saturated carbocycles. The highest BCUT2D eigenvalue weighted by atomic mass is 32.1. The summed E-state index contributed by atoms with van der Waals surface area (Å²) in [6, 6.07) is 8.07. The molecule has 0 N–H and O–H groups in total. The van der Waals surface area contributed by atoms with E-state index in [1.165, 1.54) is 0 Å². The van der Waals surface area contributed by atoms with E-state index in [0.29, 0.717) is 45.6 Å². The number of nitrogens with zero attached hydrogens (tertiary/aromatic N) is 4. The molecule has 3 heterocycles. The van der Waals surface area contributed by atoms with Crippen LogP contribution in [0.5, 0.6) is 0 Å². The van der Waals surface area contributed by atoms with Crippen LogP contribution in [0.25, 0.3) is 10.2 Å². The maximum atomic E-state index is 13.1. The molecule has 5 rings (SSSR count). The van der Waals surface area contributed by atoms with Gasteiger partial charge in [-0.1, -0.05) is 12.1 Å². The second-order valence-corrected chi connectivity index (χ2v) is 10.7. The van der Waals surface area contributed by atoms with Crippen LogP contribution >= 0.6 is 11.3 Å². The number of likely N-dealkylation sites (tertiary alicyclic amines) is 1. The highest BCUT2D eigenvalue weighted by Gasteiger charge is 2.59. The summed E-state index contributed by atoms with van der Waals surface area (Å²) < 4.78 is 6.22. The van der Waals surface area contributed by atoms with Gasteiger partial charge in [0, 0.05) is 58.0 Å². The van der Waals surface area contributed by atoms with E-state index in [0.717, 1.165) is 47.6 Å². The van der Waals surface area contributed by atoms with Crippen LogP contribution in [0.4, 0.5) is 4.79 Å². The molecule has 1 atom stereocenters. The fraction of sp³-hybridized carbons (Fsp3) is 0.600. The Morgan fingerprint density at radius 1 is 1.03 bits per heavy atom. The van der Waals surface area contributed by atoms with E-state index >= 15 is 0 Å². The van der Waals surface area contributed by atoms with Crippen LogP contribution in [-0.4, -0.2) is 83.5 Å². The molecule has 0 bridgehead atoms. The van der Waals surface area contributed by atoms with Crippen molar-refractivity contribution in [3.63, 3.8) is 0 Å². The van der Waals surface area contributed by atoms with Crippen LogP contribution in [0.15, 0.2) is 24.3 Å². The largest absolute Gasteiger partial charge is 0.450 e. The lowest BCUT2D eigenvalue weighted by Crippen LogP contribution is -2.51. The van der Waals surface area contributed by atoms with Crippen LogP contribution in [0.2, 0.25) is 0 Å². The average Bonchev–Trinajstić information content (AvgIpc) is 3.38. The number of hydrogen-bond donors (Lipinski definition) is 0. The molecule has 3 fully saturated rings. The molecule has 1 aromatic heterocycles. The van der Waals surface area contributed by atoms with Gasteiger partial charge in [-0.2, -0.15) is 0 Å². The molecular weight excluding hydrogens is 452 g/mol. The number of aryl methyl sites for hydroxylation is 1. The van der Waals surface area contributed by atoms with Crippen molar-refractivity contribution < 1.29 is 19.1 Å². The first-order chi connectivity index (χ1) is 16.5. The predicted octanol–water partition coefficient (Wildman–Crippen LogP) is 3.16. The summed E-state index contributed by atoms with van der Waals surface area (Å²) >= 11 is 1.66. The number of piperazine rings is 1. The molecule has 1 spiro atoms. The van der Waals surface area contributed by atoms with Crippen molar-refractivity contribution in [2.24, 2.45) is 11.3 Å². The number of carbonyl (C=O) groups is 3. The molecule has 2 saturated heterocycles. The molecule has 1 aliphatic carbocycles. The summed E-state index contributed by atoms with van der Waals surface area (Å²) in [7, 11) is 0. The maximum Gasteiger partial charge on any atom is 0.409 e. The van der Waals surface area contributed by atoms with Gasteiger partial charge in [-0.15, -0.1) is 11.3 Å². The Bertz CT molecular complexity index is 1040. The maximum absolute atomic E-state index is 13.1. The Morgan fingerprint density at radius 2 is 1.74 bits per heavy atom. The van der Waals surface area contributed by atoms with Crippen molar-refractivity contribution in [3.8, 4) is 0 Å². The molecule has 0 unspecified atom stereocenters. The number of para-hydroxylation sites is 1. The molecule has 2 aliphatic heterocycles. The average molecular weight is 485 g/mol. The van der Waals surface area contributed by atoms with E-state index in [2.05, 4.69) is 11.1 Å². The van der Waals surface area contributed by atoms with Crippen molar-refractivity contribution in [3.05, 3.63) is 29.3 Å². The van der Waals surface area contributed by atoms with Gasteiger partial charge in [-0.3, -0.25) is 9.59 Å². The van der Waals surface area contributed by atoms with Crippen LogP contribution in [0.3, 0.4) is 0 Å². The number of benzene rings is 1. The zero-order valence-corrected chi connectivity index (χ0v) is 20.5. The van der Waals surface area contributed by atoms with E-state index in [4.69, 9.17) is 4.74 Å². The number of carbonyl (C=O) groups excluding carboxylic acids is 3. The van der Waals surface area contributed by atoms with Crippen LogP contribution in [0.1, 0.15) is 37.6 Å². The minimum absolute atomic E-state index is 0.0686. The SMILES string of the molecule is CCOC(=O)N1CCN(C(=O)[C@H]2CC23CCN(C(=O)CCc2nc4ccccc4s2)CC3)CC1. The first kappa shape index (κ1) is 23.1. The lowest BCUT2D eigenvalue weighted by molar-refractivity contribution is -0.136. The van der Waals surface area contributed by atoms with Gasteiger partial charge in [0.1, 0.15) is 0 Å². The van der Waals surface area contributed by atoms with E-state index in [9.17, 15) is 14.4 Å². The normalized spacial score (nSPS) is 21.7. The Morgan fingerprint density at radius 3 is 2.44 bits per heavy atom. The third-order valence-electron chi connectivity index (χ3n) is 7.61. The fourth-order valence-corrected chi connectivity index (χ4v) is 6.36. The summed E-state index contributed by atoms with van der Waals surface area (Å²) in [5, 5.41) is 1.01. The van der Waals surface area contributed by atoms with Crippen molar-refractivity contribution in [2.45, 2.75) is 39.0 Å². The molecule has 2 aromatic rings. The van der Waals surface area contributed by atoms with Gasteiger partial charge < -0.3 is 19.4 Å². The molecule has 0 radical (unpaired) electrons. The molecule has 9 heteroatoms. The summed E-state index contributed by atoms with van der Waals surface area (Å²) in [5.74, 6) is 0.480. The van der Waals surface area contributed by atoms with Gasteiger partial charge in [-0.25, -0.2) is 9.78 Å². The zero-order chi connectivity index (χ0) is 23.7. The molecule has 8 nitrogen and oxygen atoms in total. The van der Waals surface area contributed by atoms with E-state index in [1.807, 2.05) is 28.0 Å². The molecular formula is C25H32N4O4S. The van der Waals surface area contributed by atoms with E-state index in [-0.39, 0.29) is 29.2 Å². The third kappa shape index (κ3) is 4.62. The first-order valence-corrected chi connectivity index (χ1v) is 13.1. The summed E-state index contributed by atoms with van der Waals surface area (Å²) in [4.78, 5) is 48.0. The van der Waals surface area contributed by atoms with Crippen molar-refractivity contribution >= 4 is 39.5 Å². The van der Waals surface area contributed by atoms with Gasteiger partial charge in [0.25, 0.3) is 0 Å². The van der Waals surface area contributed by atoms with Crippen LogP contribution in [-0.2, 0) is 20.7 Å². The minimum atomic E-state index is -0.294. The summed E-state index contributed by atoms with van der Waals surface area (Å²) in [6.07, 6.45) is 3.60. The van der Waals surface area contributed by atoms with Crippen molar-refractivity contribution in [1.82, 2.24) is 19.7 Å². The fourth-order valence-electron chi connectivity index (χ4n) is 5.39. The predicted molar refractivity (Wildman–Crippen MR) is 129 cm³/mol. The Kier molecular flexibility index (Phi) is 6.46. The minimum Gasteiger partial charge on any atom is -0.450 e. The molecule has 3 aliphatic rings. The number of piperidine rings is 1. The van der Waals surface area contributed by atoms with Crippen LogP contribution < -0.4 is 0 Å².